The van der Waals surface area contributed by atoms with Crippen molar-refractivity contribution in [3.8, 4) is 5.75 Å². The van der Waals surface area contributed by atoms with Gasteiger partial charge in [0, 0.05) is 11.6 Å². The molecule has 0 N–H and O–H groups in total. The van der Waals surface area contributed by atoms with Gasteiger partial charge in [0.15, 0.2) is 11.1 Å². The molecule has 0 bridgehead atoms. The number of hydrogen-bond donors (Lipinski definition) is 0. The highest BCUT2D eigenvalue weighted by Crippen LogP contribution is 2.22. The van der Waals surface area contributed by atoms with Gasteiger partial charge in [-0.2, -0.15) is 0 Å². The van der Waals surface area contributed by atoms with E-state index in [1.807, 2.05) is 18.2 Å². The molecule has 1 heterocycles. The Hall–Kier alpha value is -1.97. The molecule has 0 spiro atoms. The molecule has 0 unspecified atom stereocenters. The molecule has 0 saturated heterocycles. The zero-order chi connectivity index (χ0) is 9.10. The fraction of sp³-hybridized carbons (Fsp3) is 0. The Morgan fingerprint density at radius 3 is 2.92 bits per heavy atom. The van der Waals surface area contributed by atoms with E-state index in [0.717, 1.165) is 5.39 Å². The molecule has 64 valence electrons. The lowest BCUT2D eigenvalue weighted by atomic mass is 10.2. The van der Waals surface area contributed by atoms with Crippen molar-refractivity contribution in [3.05, 3.63) is 41.4 Å². The summed E-state index contributed by atoms with van der Waals surface area (Å²) in [7, 11) is 0. The van der Waals surface area contributed by atoms with Crippen molar-refractivity contribution in [1.29, 1.82) is 0 Å². The third-order valence-electron chi connectivity index (χ3n) is 1.73. The molecule has 0 aliphatic carbocycles. The molecular weight excluding hydrogens is 168 g/mol. The average Bonchev–Trinajstić information content (AvgIpc) is 2.19. The molecular formula is C9H6N2O2. The van der Waals surface area contributed by atoms with Gasteiger partial charge in [-0.15, -0.1) is 4.91 Å². The van der Waals surface area contributed by atoms with Crippen LogP contribution in [0, 0.1) is 4.91 Å². The van der Waals surface area contributed by atoms with Crippen LogP contribution < -0.4 is 4.84 Å². The highest BCUT2D eigenvalue weighted by Gasteiger charge is 2.01. The Balaban J connectivity index is 2.68. The maximum atomic E-state index is 9.92. The first-order chi connectivity index (χ1) is 6.42. The summed E-state index contributed by atoms with van der Waals surface area (Å²) in [5.74, 6) is 0.383. The predicted molar refractivity (Wildman–Crippen MR) is 48.2 cm³/mol. The van der Waals surface area contributed by atoms with Crippen molar-refractivity contribution in [2.24, 2.45) is 5.34 Å². The van der Waals surface area contributed by atoms with Gasteiger partial charge in [0.25, 0.3) is 0 Å². The molecule has 0 atom stereocenters. The minimum Gasteiger partial charge on any atom is -0.322 e. The van der Waals surface area contributed by atoms with Gasteiger partial charge in [0.05, 0.1) is 0 Å². The van der Waals surface area contributed by atoms with Gasteiger partial charge >= 0.3 is 0 Å². The first-order valence-electron chi connectivity index (χ1n) is 3.75. The first-order valence-corrected chi connectivity index (χ1v) is 3.75. The summed E-state index contributed by atoms with van der Waals surface area (Å²) in [4.78, 5) is 18.5. The summed E-state index contributed by atoms with van der Waals surface area (Å²) in [6.07, 6.45) is 1.64. The number of aromatic nitrogens is 1. The monoisotopic (exact) mass is 174 g/mol. The third kappa shape index (κ3) is 1.33. The molecule has 0 saturated carbocycles. The van der Waals surface area contributed by atoms with Gasteiger partial charge in [-0.1, -0.05) is 18.2 Å². The second-order valence-electron chi connectivity index (χ2n) is 2.50. The number of hydrogen-bond acceptors (Lipinski definition) is 4. The average molecular weight is 174 g/mol. The van der Waals surface area contributed by atoms with E-state index in [2.05, 4.69) is 15.2 Å². The number of nitrogens with zero attached hydrogens (tertiary/aromatic N) is 2. The van der Waals surface area contributed by atoms with Gasteiger partial charge < -0.3 is 4.84 Å². The van der Waals surface area contributed by atoms with Crippen LogP contribution >= 0.6 is 0 Å². The van der Waals surface area contributed by atoms with Crippen LogP contribution in [0.1, 0.15) is 0 Å². The highest BCUT2D eigenvalue weighted by molar-refractivity contribution is 5.84. The summed E-state index contributed by atoms with van der Waals surface area (Å²) < 4.78 is 0. The molecule has 0 fully saturated rings. The minimum absolute atomic E-state index is 0.383. The quantitative estimate of drug-likeness (QED) is 0.518. The number of pyridine rings is 1. The van der Waals surface area contributed by atoms with Crippen LogP contribution in [0.15, 0.2) is 41.9 Å². The lowest BCUT2D eigenvalue weighted by molar-refractivity contribution is 0.338. The Bertz CT molecular complexity index is 437. The van der Waals surface area contributed by atoms with Gasteiger partial charge in [0.2, 0.25) is 0 Å². The van der Waals surface area contributed by atoms with Crippen molar-refractivity contribution in [1.82, 2.24) is 4.98 Å². The van der Waals surface area contributed by atoms with E-state index in [1.165, 1.54) is 0 Å². The van der Waals surface area contributed by atoms with E-state index in [0.29, 0.717) is 11.3 Å². The Morgan fingerprint density at radius 1 is 1.23 bits per heavy atom. The number of fused-ring (bicyclic) bond motifs is 1. The Labute approximate surface area is 74.1 Å². The standard InChI is InChI=1S/C9H6N2O2/c12-11-13-8-5-1-3-7-4-2-6-10-9(7)8/h1-6H. The fourth-order valence-corrected chi connectivity index (χ4v) is 1.19. The summed E-state index contributed by atoms with van der Waals surface area (Å²) in [6.45, 7) is 0. The largest absolute Gasteiger partial charge is 0.322 e. The normalized spacial score (nSPS) is 9.85. The molecule has 0 aliphatic heterocycles. The summed E-state index contributed by atoms with van der Waals surface area (Å²) >= 11 is 0. The SMILES string of the molecule is O=NOc1cccc2cccnc12. The minimum atomic E-state index is 0.383. The van der Waals surface area contributed by atoms with Crippen LogP contribution in [0.5, 0.6) is 5.75 Å². The first kappa shape index (κ1) is 7.67. The van der Waals surface area contributed by atoms with Crippen molar-refractivity contribution >= 4 is 10.9 Å². The number of benzene rings is 1. The van der Waals surface area contributed by atoms with E-state index in [9.17, 15) is 4.91 Å². The molecule has 2 rings (SSSR count). The van der Waals surface area contributed by atoms with Crippen LogP contribution in [0.4, 0.5) is 0 Å². The third-order valence-corrected chi connectivity index (χ3v) is 1.73. The van der Waals surface area contributed by atoms with E-state index in [4.69, 9.17) is 0 Å². The summed E-state index contributed by atoms with van der Waals surface area (Å²) in [5.41, 5.74) is 0.643. The van der Waals surface area contributed by atoms with Crippen LogP contribution in [0.2, 0.25) is 0 Å². The van der Waals surface area contributed by atoms with E-state index in [-0.39, 0.29) is 0 Å². The second kappa shape index (κ2) is 3.18. The highest BCUT2D eigenvalue weighted by atomic mass is 16.7. The molecule has 0 amide bonds. The zero-order valence-corrected chi connectivity index (χ0v) is 6.68. The maximum absolute atomic E-state index is 9.92. The molecule has 1 aromatic heterocycles. The fourth-order valence-electron chi connectivity index (χ4n) is 1.19. The molecule has 4 nitrogen and oxygen atoms in total. The molecule has 2 aromatic rings. The predicted octanol–water partition coefficient (Wildman–Crippen LogP) is 2.29. The van der Waals surface area contributed by atoms with Crippen LogP contribution in [-0.4, -0.2) is 4.98 Å². The molecule has 4 heteroatoms. The maximum Gasteiger partial charge on any atom is 0.187 e. The lowest BCUT2D eigenvalue weighted by Gasteiger charge is -1.99. The van der Waals surface area contributed by atoms with E-state index < -0.39 is 0 Å². The zero-order valence-electron chi connectivity index (χ0n) is 6.68. The van der Waals surface area contributed by atoms with Crippen molar-refractivity contribution < 1.29 is 4.84 Å². The van der Waals surface area contributed by atoms with E-state index in [1.54, 1.807) is 18.3 Å². The van der Waals surface area contributed by atoms with Gasteiger partial charge in [0.1, 0.15) is 5.52 Å². The molecule has 13 heavy (non-hydrogen) atoms. The lowest BCUT2D eigenvalue weighted by Crippen LogP contribution is -1.84. The van der Waals surface area contributed by atoms with Crippen molar-refractivity contribution in [2.75, 3.05) is 0 Å². The van der Waals surface area contributed by atoms with Crippen LogP contribution in [0.3, 0.4) is 0 Å². The topological polar surface area (TPSA) is 51.5 Å². The number of rotatable bonds is 2. The molecule has 0 radical (unpaired) electrons. The van der Waals surface area contributed by atoms with Gasteiger partial charge in [-0.3, -0.25) is 4.98 Å². The summed E-state index contributed by atoms with van der Waals surface area (Å²) in [6, 6.07) is 9.03. The number of para-hydroxylation sites is 1. The smallest absolute Gasteiger partial charge is 0.187 e. The van der Waals surface area contributed by atoms with Crippen molar-refractivity contribution in [2.45, 2.75) is 0 Å². The van der Waals surface area contributed by atoms with Crippen LogP contribution in [-0.2, 0) is 0 Å². The van der Waals surface area contributed by atoms with Gasteiger partial charge in [-0.25, -0.2) is 0 Å². The Morgan fingerprint density at radius 2 is 2.08 bits per heavy atom. The Kier molecular flexibility index (Phi) is 1.88. The van der Waals surface area contributed by atoms with Gasteiger partial charge in [-0.05, 0) is 12.1 Å². The summed E-state index contributed by atoms with van der Waals surface area (Å²) in [5, 5.41) is 3.29. The van der Waals surface area contributed by atoms with Crippen LogP contribution in [0.25, 0.3) is 10.9 Å². The molecule has 0 aliphatic rings. The van der Waals surface area contributed by atoms with Crippen molar-refractivity contribution in [3.63, 3.8) is 0 Å². The molecule has 1 aromatic carbocycles. The van der Waals surface area contributed by atoms with E-state index >= 15 is 0 Å². The second-order valence-corrected chi connectivity index (χ2v) is 2.50.